The minimum Gasteiger partial charge on any atom is -0.372 e. The van der Waals surface area contributed by atoms with Gasteiger partial charge in [0.05, 0.1) is 17.9 Å². The van der Waals surface area contributed by atoms with Crippen molar-refractivity contribution in [3.05, 3.63) is 40.9 Å². The zero-order valence-electron chi connectivity index (χ0n) is 13.1. The molecule has 2 heterocycles. The first kappa shape index (κ1) is 15.2. The van der Waals surface area contributed by atoms with E-state index >= 15 is 0 Å². The number of aromatic nitrogens is 1. The normalized spacial score (nSPS) is 21.9. The molecule has 4 nitrogen and oxygen atoms in total. The van der Waals surface area contributed by atoms with E-state index in [4.69, 9.17) is 4.74 Å². The molecule has 1 aliphatic heterocycles. The summed E-state index contributed by atoms with van der Waals surface area (Å²) in [6.07, 6.45) is 0.157. The SMILES string of the molecule is Cc1nc(-c2ccccc2)sc1C(=O)N1C[C@@H](C)O[C@H](C)C1. The Hall–Kier alpha value is -1.72. The van der Waals surface area contributed by atoms with Gasteiger partial charge in [0.1, 0.15) is 9.88 Å². The lowest BCUT2D eigenvalue weighted by Crippen LogP contribution is -2.48. The molecular formula is C17H20N2O2S. The van der Waals surface area contributed by atoms with Gasteiger partial charge in [-0.15, -0.1) is 11.3 Å². The third kappa shape index (κ3) is 3.05. The van der Waals surface area contributed by atoms with E-state index in [1.807, 2.05) is 56.0 Å². The summed E-state index contributed by atoms with van der Waals surface area (Å²) in [7, 11) is 0. The number of morpholine rings is 1. The fourth-order valence-electron chi connectivity index (χ4n) is 2.79. The highest BCUT2D eigenvalue weighted by Crippen LogP contribution is 2.29. The summed E-state index contributed by atoms with van der Waals surface area (Å²) >= 11 is 1.47. The van der Waals surface area contributed by atoms with Crippen LogP contribution in [0.2, 0.25) is 0 Å². The Kier molecular flexibility index (Phi) is 4.27. The number of rotatable bonds is 2. The van der Waals surface area contributed by atoms with Crippen LogP contribution in [-0.4, -0.2) is 41.1 Å². The Morgan fingerprint density at radius 1 is 1.23 bits per heavy atom. The molecule has 1 aromatic carbocycles. The molecule has 0 unspecified atom stereocenters. The molecule has 0 aliphatic carbocycles. The first-order valence-electron chi connectivity index (χ1n) is 7.52. The third-order valence-electron chi connectivity index (χ3n) is 3.72. The lowest BCUT2D eigenvalue weighted by atomic mass is 10.2. The lowest BCUT2D eigenvalue weighted by molar-refractivity contribution is -0.0585. The Balaban J connectivity index is 1.86. The number of amides is 1. The number of benzene rings is 1. The molecule has 1 aliphatic rings. The van der Waals surface area contributed by atoms with Crippen LogP contribution in [0.5, 0.6) is 0 Å². The Morgan fingerprint density at radius 2 is 1.86 bits per heavy atom. The molecule has 1 aromatic heterocycles. The Labute approximate surface area is 134 Å². The number of hydrogen-bond acceptors (Lipinski definition) is 4. The molecule has 0 bridgehead atoms. The van der Waals surface area contributed by atoms with Gasteiger partial charge in [0.25, 0.3) is 5.91 Å². The number of carbonyl (C=O) groups is 1. The highest BCUT2D eigenvalue weighted by molar-refractivity contribution is 7.17. The first-order chi connectivity index (χ1) is 10.5. The third-order valence-corrected chi connectivity index (χ3v) is 4.91. The van der Waals surface area contributed by atoms with Crippen molar-refractivity contribution in [1.29, 1.82) is 0 Å². The maximum atomic E-state index is 12.8. The second-order valence-electron chi connectivity index (χ2n) is 5.77. The zero-order chi connectivity index (χ0) is 15.7. The van der Waals surface area contributed by atoms with Gasteiger partial charge in [0.15, 0.2) is 0 Å². The zero-order valence-corrected chi connectivity index (χ0v) is 13.9. The number of ether oxygens (including phenoxy) is 1. The second kappa shape index (κ2) is 6.18. The van der Waals surface area contributed by atoms with Crippen LogP contribution in [0.15, 0.2) is 30.3 Å². The van der Waals surface area contributed by atoms with Gasteiger partial charge in [-0.05, 0) is 20.8 Å². The molecule has 2 atom stereocenters. The quantitative estimate of drug-likeness (QED) is 0.853. The highest BCUT2D eigenvalue weighted by Gasteiger charge is 2.29. The van der Waals surface area contributed by atoms with E-state index in [1.165, 1.54) is 11.3 Å². The molecule has 3 rings (SSSR count). The van der Waals surface area contributed by atoms with E-state index in [9.17, 15) is 4.79 Å². The molecule has 0 N–H and O–H groups in total. The Bertz CT molecular complexity index is 659. The van der Waals surface area contributed by atoms with Crippen LogP contribution in [0.25, 0.3) is 10.6 Å². The Morgan fingerprint density at radius 3 is 2.50 bits per heavy atom. The fraction of sp³-hybridized carbons (Fsp3) is 0.412. The van der Waals surface area contributed by atoms with Crippen molar-refractivity contribution in [2.75, 3.05) is 13.1 Å². The van der Waals surface area contributed by atoms with Crippen LogP contribution in [-0.2, 0) is 4.74 Å². The van der Waals surface area contributed by atoms with Crippen molar-refractivity contribution in [2.24, 2.45) is 0 Å². The van der Waals surface area contributed by atoms with Gasteiger partial charge in [-0.25, -0.2) is 4.98 Å². The van der Waals surface area contributed by atoms with Gasteiger partial charge in [0.2, 0.25) is 0 Å². The van der Waals surface area contributed by atoms with Crippen LogP contribution in [0, 0.1) is 6.92 Å². The van der Waals surface area contributed by atoms with Crippen LogP contribution in [0.1, 0.15) is 29.2 Å². The van der Waals surface area contributed by atoms with Crippen molar-refractivity contribution < 1.29 is 9.53 Å². The number of carbonyl (C=O) groups excluding carboxylic acids is 1. The molecule has 2 aromatic rings. The van der Waals surface area contributed by atoms with E-state index in [1.54, 1.807) is 0 Å². The molecule has 1 saturated heterocycles. The van der Waals surface area contributed by atoms with Crippen LogP contribution in [0.4, 0.5) is 0 Å². The molecule has 0 radical (unpaired) electrons. The van der Waals surface area contributed by atoms with Gasteiger partial charge in [-0.1, -0.05) is 30.3 Å². The topological polar surface area (TPSA) is 42.4 Å². The first-order valence-corrected chi connectivity index (χ1v) is 8.34. The highest BCUT2D eigenvalue weighted by atomic mass is 32.1. The van der Waals surface area contributed by atoms with E-state index < -0.39 is 0 Å². The summed E-state index contributed by atoms with van der Waals surface area (Å²) < 4.78 is 5.70. The van der Waals surface area contributed by atoms with Crippen LogP contribution in [0.3, 0.4) is 0 Å². The molecule has 22 heavy (non-hydrogen) atoms. The lowest BCUT2D eigenvalue weighted by Gasteiger charge is -2.35. The summed E-state index contributed by atoms with van der Waals surface area (Å²) in [5.74, 6) is 0.0687. The molecule has 116 valence electrons. The minimum absolute atomic E-state index is 0.0687. The van der Waals surface area contributed by atoms with Gasteiger partial charge in [-0.3, -0.25) is 4.79 Å². The molecule has 1 amide bonds. The monoisotopic (exact) mass is 316 g/mol. The van der Waals surface area contributed by atoms with Crippen molar-refractivity contribution in [2.45, 2.75) is 33.0 Å². The molecule has 0 spiro atoms. The standard InChI is InChI=1S/C17H20N2O2S/c1-11-9-19(10-12(2)21-11)17(20)15-13(3)18-16(22-15)14-7-5-4-6-8-14/h4-8,11-12H,9-10H2,1-3H3/t11-,12-/m1/s1. The van der Waals surface area contributed by atoms with Crippen LogP contribution >= 0.6 is 11.3 Å². The fourth-order valence-corrected chi connectivity index (χ4v) is 3.83. The predicted molar refractivity (Wildman–Crippen MR) is 88.2 cm³/mol. The summed E-state index contributed by atoms with van der Waals surface area (Å²) in [5.41, 5.74) is 1.86. The number of aryl methyl sites for hydroxylation is 1. The summed E-state index contributed by atoms with van der Waals surface area (Å²) in [6, 6.07) is 9.99. The summed E-state index contributed by atoms with van der Waals surface area (Å²) in [4.78, 5) is 20.0. The maximum absolute atomic E-state index is 12.8. The predicted octanol–water partition coefficient (Wildman–Crippen LogP) is 3.37. The minimum atomic E-state index is 0.0687. The smallest absolute Gasteiger partial charge is 0.266 e. The maximum Gasteiger partial charge on any atom is 0.266 e. The number of hydrogen-bond donors (Lipinski definition) is 0. The van der Waals surface area contributed by atoms with E-state index in [0.717, 1.165) is 21.1 Å². The van der Waals surface area contributed by atoms with Crippen molar-refractivity contribution in [3.63, 3.8) is 0 Å². The largest absolute Gasteiger partial charge is 0.372 e. The van der Waals surface area contributed by atoms with E-state index in [0.29, 0.717) is 13.1 Å². The summed E-state index contributed by atoms with van der Waals surface area (Å²) in [5, 5.41) is 0.899. The summed E-state index contributed by atoms with van der Waals surface area (Å²) in [6.45, 7) is 7.20. The van der Waals surface area contributed by atoms with Gasteiger partial charge >= 0.3 is 0 Å². The van der Waals surface area contributed by atoms with Crippen molar-refractivity contribution in [3.8, 4) is 10.6 Å². The molecule has 5 heteroatoms. The van der Waals surface area contributed by atoms with Crippen LogP contribution < -0.4 is 0 Å². The second-order valence-corrected chi connectivity index (χ2v) is 6.77. The van der Waals surface area contributed by atoms with Crippen molar-refractivity contribution in [1.82, 2.24) is 9.88 Å². The van der Waals surface area contributed by atoms with Gasteiger partial charge in [-0.2, -0.15) is 0 Å². The molecular weight excluding hydrogens is 296 g/mol. The van der Waals surface area contributed by atoms with Gasteiger partial charge in [0, 0.05) is 18.7 Å². The molecule has 0 saturated carbocycles. The number of nitrogens with zero attached hydrogens (tertiary/aromatic N) is 2. The van der Waals surface area contributed by atoms with Gasteiger partial charge < -0.3 is 9.64 Å². The average Bonchev–Trinajstić information content (AvgIpc) is 2.88. The molecule has 1 fully saturated rings. The van der Waals surface area contributed by atoms with E-state index in [-0.39, 0.29) is 18.1 Å². The van der Waals surface area contributed by atoms with E-state index in [2.05, 4.69) is 4.98 Å². The van der Waals surface area contributed by atoms with Crippen molar-refractivity contribution >= 4 is 17.2 Å². The average molecular weight is 316 g/mol. The number of thiazole rings is 1.